The summed E-state index contributed by atoms with van der Waals surface area (Å²) >= 11 is 3.21. The Balaban J connectivity index is 1.69. The van der Waals surface area contributed by atoms with Crippen molar-refractivity contribution in [2.24, 2.45) is 0 Å². The molecule has 0 saturated carbocycles. The standard InChI is InChI=1S/C19H16BrF3N2O3/c20-12-5-6-16(26)14(7-12)18(28)24-13-8-17(27)25(10-13)9-11-3-1-2-4-15(11)19(21,22)23/h1-7,13,26H,8-10H2,(H,24,28). The van der Waals surface area contributed by atoms with Crippen LogP contribution in [0.1, 0.15) is 27.9 Å². The van der Waals surface area contributed by atoms with E-state index in [0.29, 0.717) is 4.47 Å². The van der Waals surface area contributed by atoms with Gasteiger partial charge in [0, 0.05) is 24.0 Å². The van der Waals surface area contributed by atoms with Crippen LogP contribution in [-0.4, -0.2) is 34.4 Å². The lowest BCUT2D eigenvalue weighted by atomic mass is 10.1. The van der Waals surface area contributed by atoms with Gasteiger partial charge in [0.1, 0.15) is 5.75 Å². The van der Waals surface area contributed by atoms with Gasteiger partial charge in [-0.15, -0.1) is 0 Å². The second-order valence-electron chi connectivity index (χ2n) is 6.47. The summed E-state index contributed by atoms with van der Waals surface area (Å²) in [5.41, 5.74) is -0.739. The van der Waals surface area contributed by atoms with Crippen LogP contribution in [0.2, 0.25) is 0 Å². The number of hydrogen-bond donors (Lipinski definition) is 2. The Morgan fingerprint density at radius 2 is 1.96 bits per heavy atom. The lowest BCUT2D eigenvalue weighted by Crippen LogP contribution is -2.37. The van der Waals surface area contributed by atoms with Crippen LogP contribution in [0.5, 0.6) is 5.75 Å². The number of carbonyl (C=O) groups is 2. The van der Waals surface area contributed by atoms with Crippen LogP contribution in [0.25, 0.3) is 0 Å². The van der Waals surface area contributed by atoms with Gasteiger partial charge in [-0.3, -0.25) is 9.59 Å². The maximum Gasteiger partial charge on any atom is 0.416 e. The highest BCUT2D eigenvalue weighted by Gasteiger charge is 2.36. The number of rotatable bonds is 4. The molecule has 3 rings (SSSR count). The van der Waals surface area contributed by atoms with Crippen molar-refractivity contribution in [3.05, 3.63) is 63.6 Å². The first-order valence-corrected chi connectivity index (χ1v) is 9.16. The van der Waals surface area contributed by atoms with Crippen molar-refractivity contribution in [3.8, 4) is 5.75 Å². The maximum atomic E-state index is 13.1. The van der Waals surface area contributed by atoms with Crippen LogP contribution in [-0.2, 0) is 17.5 Å². The van der Waals surface area contributed by atoms with Crippen LogP contribution in [0, 0.1) is 0 Å². The van der Waals surface area contributed by atoms with Crippen molar-refractivity contribution in [1.82, 2.24) is 10.2 Å². The second kappa shape index (κ2) is 7.83. The van der Waals surface area contributed by atoms with Crippen LogP contribution in [0.15, 0.2) is 46.9 Å². The molecule has 28 heavy (non-hydrogen) atoms. The summed E-state index contributed by atoms with van der Waals surface area (Å²) in [6, 6.07) is 8.92. The molecule has 1 fully saturated rings. The molecule has 2 N–H and O–H groups in total. The van der Waals surface area contributed by atoms with E-state index in [2.05, 4.69) is 21.2 Å². The van der Waals surface area contributed by atoms with E-state index in [-0.39, 0.29) is 42.3 Å². The van der Waals surface area contributed by atoms with E-state index in [0.717, 1.165) is 6.07 Å². The van der Waals surface area contributed by atoms with Gasteiger partial charge in [0.15, 0.2) is 0 Å². The fraction of sp³-hybridized carbons (Fsp3) is 0.263. The lowest BCUT2D eigenvalue weighted by molar-refractivity contribution is -0.139. The number of hydrogen-bond acceptors (Lipinski definition) is 3. The van der Waals surface area contributed by atoms with Crippen molar-refractivity contribution >= 4 is 27.7 Å². The van der Waals surface area contributed by atoms with Gasteiger partial charge in [0.05, 0.1) is 17.2 Å². The number of benzene rings is 2. The maximum absolute atomic E-state index is 13.1. The minimum absolute atomic E-state index is 0.0000362. The topological polar surface area (TPSA) is 69.6 Å². The highest BCUT2D eigenvalue weighted by atomic mass is 79.9. The first-order valence-electron chi connectivity index (χ1n) is 8.37. The second-order valence-corrected chi connectivity index (χ2v) is 7.38. The molecule has 5 nitrogen and oxygen atoms in total. The first-order chi connectivity index (χ1) is 13.1. The van der Waals surface area contributed by atoms with Crippen LogP contribution in [0.4, 0.5) is 13.2 Å². The summed E-state index contributed by atoms with van der Waals surface area (Å²) in [7, 11) is 0. The molecule has 0 bridgehead atoms. The molecule has 1 aliphatic rings. The van der Waals surface area contributed by atoms with Crippen molar-refractivity contribution in [3.63, 3.8) is 0 Å². The van der Waals surface area contributed by atoms with E-state index in [9.17, 15) is 27.9 Å². The van der Waals surface area contributed by atoms with Gasteiger partial charge in [-0.25, -0.2) is 0 Å². The summed E-state index contributed by atoms with van der Waals surface area (Å²) in [5.74, 6) is -1.11. The third kappa shape index (κ3) is 4.46. The normalized spacial score (nSPS) is 17.1. The number of likely N-dealkylation sites (tertiary alicyclic amines) is 1. The van der Waals surface area contributed by atoms with Gasteiger partial charge in [0.2, 0.25) is 5.91 Å². The molecule has 1 heterocycles. The minimum Gasteiger partial charge on any atom is -0.507 e. The zero-order valence-corrected chi connectivity index (χ0v) is 16.0. The van der Waals surface area contributed by atoms with E-state index in [1.165, 1.54) is 35.2 Å². The van der Waals surface area contributed by atoms with E-state index in [1.54, 1.807) is 6.07 Å². The molecule has 2 amide bonds. The van der Waals surface area contributed by atoms with Crippen molar-refractivity contribution in [2.75, 3.05) is 6.54 Å². The van der Waals surface area contributed by atoms with Gasteiger partial charge in [0.25, 0.3) is 5.91 Å². The number of phenols is 1. The molecule has 1 saturated heterocycles. The van der Waals surface area contributed by atoms with E-state index >= 15 is 0 Å². The third-order valence-corrected chi connectivity index (χ3v) is 4.93. The highest BCUT2D eigenvalue weighted by molar-refractivity contribution is 9.10. The molecule has 1 aliphatic heterocycles. The molecule has 0 aliphatic carbocycles. The molecule has 0 spiro atoms. The van der Waals surface area contributed by atoms with Gasteiger partial charge in [-0.05, 0) is 29.8 Å². The minimum atomic E-state index is -4.51. The molecule has 2 aromatic carbocycles. The Morgan fingerprint density at radius 3 is 2.68 bits per heavy atom. The Bertz CT molecular complexity index is 918. The van der Waals surface area contributed by atoms with E-state index < -0.39 is 23.7 Å². The van der Waals surface area contributed by atoms with Gasteiger partial charge >= 0.3 is 6.18 Å². The van der Waals surface area contributed by atoms with Crippen molar-refractivity contribution in [1.29, 1.82) is 0 Å². The smallest absolute Gasteiger partial charge is 0.416 e. The fourth-order valence-corrected chi connectivity index (χ4v) is 3.48. The average Bonchev–Trinajstić information content (AvgIpc) is 2.95. The van der Waals surface area contributed by atoms with Crippen LogP contribution >= 0.6 is 15.9 Å². The Morgan fingerprint density at radius 1 is 1.25 bits per heavy atom. The molecule has 9 heteroatoms. The Kier molecular flexibility index (Phi) is 5.64. The Labute approximate surface area is 167 Å². The monoisotopic (exact) mass is 456 g/mol. The van der Waals surface area contributed by atoms with Gasteiger partial charge in [-0.2, -0.15) is 13.2 Å². The number of alkyl halides is 3. The molecule has 1 unspecified atom stereocenters. The average molecular weight is 457 g/mol. The molecular formula is C19H16BrF3N2O3. The number of halogens is 4. The van der Waals surface area contributed by atoms with Gasteiger partial charge < -0.3 is 15.3 Å². The quantitative estimate of drug-likeness (QED) is 0.736. The van der Waals surface area contributed by atoms with Crippen molar-refractivity contribution in [2.45, 2.75) is 25.2 Å². The zero-order chi connectivity index (χ0) is 20.5. The summed E-state index contributed by atoms with van der Waals surface area (Å²) in [6.45, 7) is -0.103. The molecule has 2 aromatic rings. The summed E-state index contributed by atoms with van der Waals surface area (Å²) < 4.78 is 40.0. The number of phenolic OH excluding ortho intramolecular Hbond substituents is 1. The highest BCUT2D eigenvalue weighted by Crippen LogP contribution is 2.33. The molecule has 0 aromatic heterocycles. The first kappa shape index (κ1) is 20.2. The number of carbonyl (C=O) groups excluding carboxylic acids is 2. The lowest BCUT2D eigenvalue weighted by Gasteiger charge is -2.20. The molecule has 1 atom stereocenters. The number of aromatic hydroxyl groups is 1. The molecular weight excluding hydrogens is 441 g/mol. The summed E-state index contributed by atoms with van der Waals surface area (Å²) in [5, 5.41) is 12.5. The van der Waals surface area contributed by atoms with E-state index in [4.69, 9.17) is 0 Å². The fourth-order valence-electron chi connectivity index (χ4n) is 3.12. The third-order valence-electron chi connectivity index (χ3n) is 4.44. The number of nitrogens with zero attached hydrogens (tertiary/aromatic N) is 1. The summed E-state index contributed by atoms with van der Waals surface area (Å²) in [4.78, 5) is 25.9. The van der Waals surface area contributed by atoms with Crippen molar-refractivity contribution < 1.29 is 27.9 Å². The molecule has 0 radical (unpaired) electrons. The molecule has 148 valence electrons. The SMILES string of the molecule is O=C(NC1CC(=O)N(Cc2ccccc2C(F)(F)F)C1)c1cc(Br)ccc1O. The predicted molar refractivity (Wildman–Crippen MR) is 98.5 cm³/mol. The largest absolute Gasteiger partial charge is 0.507 e. The summed E-state index contributed by atoms with van der Waals surface area (Å²) in [6.07, 6.45) is -4.53. The number of nitrogens with one attached hydrogen (secondary N) is 1. The van der Waals surface area contributed by atoms with Gasteiger partial charge in [-0.1, -0.05) is 34.1 Å². The Hall–Kier alpha value is -2.55. The van der Waals surface area contributed by atoms with Crippen LogP contribution < -0.4 is 5.32 Å². The zero-order valence-electron chi connectivity index (χ0n) is 14.5. The predicted octanol–water partition coefficient (Wildman–Crippen LogP) is 3.70. The van der Waals surface area contributed by atoms with Crippen LogP contribution in [0.3, 0.4) is 0 Å². The van der Waals surface area contributed by atoms with E-state index in [1.807, 2.05) is 0 Å². The number of amides is 2.